The molecule has 0 saturated carbocycles. The van der Waals surface area contributed by atoms with Crippen LogP contribution in [0.3, 0.4) is 0 Å². The molecular formula is C18H31NO3. The maximum Gasteiger partial charge on any atom is 0.130 e. The molecule has 22 heavy (non-hydrogen) atoms. The maximum absolute atomic E-state index is 6.00. The van der Waals surface area contributed by atoms with Crippen molar-refractivity contribution in [1.29, 1.82) is 0 Å². The molecule has 0 saturated heterocycles. The number of likely N-dealkylation sites (N-methyl/N-ethyl adjacent to an activating group) is 1. The van der Waals surface area contributed by atoms with Crippen molar-refractivity contribution in [2.45, 2.75) is 66.3 Å². The molecule has 0 amide bonds. The van der Waals surface area contributed by atoms with Gasteiger partial charge in [-0.15, -0.1) is 0 Å². The fourth-order valence-electron chi connectivity index (χ4n) is 2.15. The van der Waals surface area contributed by atoms with Gasteiger partial charge in [-0.25, -0.2) is 0 Å². The summed E-state index contributed by atoms with van der Waals surface area (Å²) in [6.45, 7) is 13.0. The van der Waals surface area contributed by atoms with Crippen LogP contribution in [0.25, 0.3) is 0 Å². The molecule has 0 aliphatic heterocycles. The van der Waals surface area contributed by atoms with E-state index in [0.717, 1.165) is 35.8 Å². The topological polar surface area (TPSA) is 39.7 Å². The standard InChI is InChI=1S/C18H31NO3/c1-12(2)20-15-10-17(21-13(3)4)16(8-9-19-7)18(11-15)22-14(5)6/h10-14,19H,8-9H2,1-7H3. The minimum absolute atomic E-state index is 0.106. The van der Waals surface area contributed by atoms with Crippen molar-refractivity contribution in [3.05, 3.63) is 17.7 Å². The Labute approximate surface area is 135 Å². The third-order valence-corrected chi connectivity index (χ3v) is 2.86. The second kappa shape index (κ2) is 8.89. The van der Waals surface area contributed by atoms with E-state index in [0.29, 0.717) is 0 Å². The van der Waals surface area contributed by atoms with Gasteiger partial charge in [0.2, 0.25) is 0 Å². The monoisotopic (exact) mass is 309 g/mol. The Kier molecular flexibility index (Phi) is 7.52. The van der Waals surface area contributed by atoms with Crippen LogP contribution in [0, 0.1) is 0 Å². The second-order valence-electron chi connectivity index (χ2n) is 6.25. The van der Waals surface area contributed by atoms with Crippen LogP contribution in [0.4, 0.5) is 0 Å². The average molecular weight is 309 g/mol. The highest BCUT2D eigenvalue weighted by atomic mass is 16.5. The van der Waals surface area contributed by atoms with Gasteiger partial charge in [-0.1, -0.05) is 0 Å². The summed E-state index contributed by atoms with van der Waals surface area (Å²) in [7, 11) is 1.95. The van der Waals surface area contributed by atoms with Gasteiger partial charge in [0.25, 0.3) is 0 Å². The van der Waals surface area contributed by atoms with Gasteiger partial charge in [-0.05, 0) is 61.6 Å². The Morgan fingerprint density at radius 2 is 1.27 bits per heavy atom. The Bertz CT molecular complexity index is 425. The number of ether oxygens (including phenoxy) is 3. The molecule has 0 spiro atoms. The van der Waals surface area contributed by atoms with E-state index < -0.39 is 0 Å². The molecule has 0 fully saturated rings. The molecule has 0 heterocycles. The molecule has 4 heteroatoms. The van der Waals surface area contributed by atoms with Gasteiger partial charge in [-0.2, -0.15) is 0 Å². The van der Waals surface area contributed by atoms with Crippen molar-refractivity contribution < 1.29 is 14.2 Å². The molecule has 1 aromatic rings. The van der Waals surface area contributed by atoms with Gasteiger partial charge in [-0.3, -0.25) is 0 Å². The molecule has 0 unspecified atom stereocenters. The lowest BCUT2D eigenvalue weighted by molar-refractivity contribution is 0.213. The molecular weight excluding hydrogens is 278 g/mol. The van der Waals surface area contributed by atoms with E-state index in [4.69, 9.17) is 14.2 Å². The largest absolute Gasteiger partial charge is 0.491 e. The molecule has 1 aromatic carbocycles. The van der Waals surface area contributed by atoms with Gasteiger partial charge in [0, 0.05) is 17.7 Å². The number of benzene rings is 1. The van der Waals surface area contributed by atoms with Gasteiger partial charge in [0.15, 0.2) is 0 Å². The fraction of sp³-hybridized carbons (Fsp3) is 0.667. The predicted octanol–water partition coefficient (Wildman–Crippen LogP) is 3.81. The molecule has 126 valence electrons. The zero-order valence-corrected chi connectivity index (χ0v) is 15.0. The SMILES string of the molecule is CNCCc1c(OC(C)C)cc(OC(C)C)cc1OC(C)C. The highest BCUT2D eigenvalue weighted by Crippen LogP contribution is 2.36. The first-order valence-corrected chi connectivity index (χ1v) is 8.15. The van der Waals surface area contributed by atoms with Crippen LogP contribution in [0.1, 0.15) is 47.1 Å². The van der Waals surface area contributed by atoms with Crippen molar-refractivity contribution in [1.82, 2.24) is 5.32 Å². The van der Waals surface area contributed by atoms with Gasteiger partial charge in [0.1, 0.15) is 17.2 Å². The lowest BCUT2D eigenvalue weighted by Gasteiger charge is -2.22. The van der Waals surface area contributed by atoms with Crippen LogP contribution in [-0.2, 0) is 6.42 Å². The lowest BCUT2D eigenvalue weighted by Crippen LogP contribution is -2.16. The summed E-state index contributed by atoms with van der Waals surface area (Å²) >= 11 is 0. The summed E-state index contributed by atoms with van der Waals surface area (Å²) < 4.78 is 17.8. The van der Waals surface area contributed by atoms with Gasteiger partial charge < -0.3 is 19.5 Å². The highest BCUT2D eigenvalue weighted by molar-refractivity contribution is 5.51. The van der Waals surface area contributed by atoms with Crippen molar-refractivity contribution >= 4 is 0 Å². The van der Waals surface area contributed by atoms with E-state index in [1.54, 1.807) is 0 Å². The van der Waals surface area contributed by atoms with Crippen LogP contribution < -0.4 is 19.5 Å². The van der Waals surface area contributed by atoms with E-state index in [-0.39, 0.29) is 18.3 Å². The maximum atomic E-state index is 6.00. The fourth-order valence-corrected chi connectivity index (χ4v) is 2.15. The van der Waals surface area contributed by atoms with Crippen LogP contribution >= 0.6 is 0 Å². The molecule has 0 aliphatic carbocycles. The lowest BCUT2D eigenvalue weighted by atomic mass is 10.1. The van der Waals surface area contributed by atoms with Crippen molar-refractivity contribution in [2.24, 2.45) is 0 Å². The first-order chi connectivity index (χ1) is 10.3. The Morgan fingerprint density at radius 1 is 0.818 bits per heavy atom. The summed E-state index contributed by atoms with van der Waals surface area (Å²) in [4.78, 5) is 0. The number of hydrogen-bond donors (Lipinski definition) is 1. The number of hydrogen-bond acceptors (Lipinski definition) is 4. The third kappa shape index (κ3) is 6.14. The summed E-state index contributed by atoms with van der Waals surface area (Å²) in [5, 5.41) is 3.18. The molecule has 0 aliphatic rings. The molecule has 0 aromatic heterocycles. The first kappa shape index (κ1) is 18.6. The zero-order chi connectivity index (χ0) is 16.7. The van der Waals surface area contributed by atoms with Gasteiger partial charge >= 0.3 is 0 Å². The zero-order valence-electron chi connectivity index (χ0n) is 15.0. The summed E-state index contributed by atoms with van der Waals surface area (Å²) in [5.41, 5.74) is 1.09. The number of nitrogens with one attached hydrogen (secondary N) is 1. The minimum atomic E-state index is 0.106. The summed E-state index contributed by atoms with van der Waals surface area (Å²) in [6.07, 6.45) is 1.17. The van der Waals surface area contributed by atoms with Gasteiger partial charge in [0.05, 0.1) is 18.3 Å². The second-order valence-corrected chi connectivity index (χ2v) is 6.25. The van der Waals surface area contributed by atoms with Crippen molar-refractivity contribution in [3.63, 3.8) is 0 Å². The highest BCUT2D eigenvalue weighted by Gasteiger charge is 2.16. The van der Waals surface area contributed by atoms with Crippen molar-refractivity contribution in [3.8, 4) is 17.2 Å². The molecule has 1 N–H and O–H groups in total. The molecule has 0 bridgehead atoms. The van der Waals surface area contributed by atoms with Crippen LogP contribution in [-0.4, -0.2) is 31.9 Å². The summed E-state index contributed by atoms with van der Waals surface area (Å²) in [6, 6.07) is 3.94. The third-order valence-electron chi connectivity index (χ3n) is 2.86. The van der Waals surface area contributed by atoms with Crippen molar-refractivity contribution in [2.75, 3.05) is 13.6 Å². The van der Waals surface area contributed by atoms with E-state index in [1.165, 1.54) is 0 Å². The number of rotatable bonds is 9. The van der Waals surface area contributed by atoms with Crippen LogP contribution in [0.15, 0.2) is 12.1 Å². The van der Waals surface area contributed by atoms with E-state index >= 15 is 0 Å². The minimum Gasteiger partial charge on any atom is -0.491 e. The summed E-state index contributed by atoms with van der Waals surface area (Å²) in [5.74, 6) is 2.48. The normalized spacial score (nSPS) is 11.4. The average Bonchev–Trinajstić information content (AvgIpc) is 2.35. The molecule has 4 nitrogen and oxygen atoms in total. The quantitative estimate of drug-likeness (QED) is 0.753. The van der Waals surface area contributed by atoms with E-state index in [2.05, 4.69) is 5.32 Å². The predicted molar refractivity (Wildman–Crippen MR) is 91.4 cm³/mol. The molecule has 0 radical (unpaired) electrons. The smallest absolute Gasteiger partial charge is 0.130 e. The first-order valence-electron chi connectivity index (χ1n) is 8.15. The Morgan fingerprint density at radius 3 is 1.64 bits per heavy atom. The Hall–Kier alpha value is -1.42. The van der Waals surface area contributed by atoms with Crippen LogP contribution in [0.5, 0.6) is 17.2 Å². The van der Waals surface area contributed by atoms with E-state index in [1.807, 2.05) is 60.7 Å². The molecule has 1 rings (SSSR count). The van der Waals surface area contributed by atoms with E-state index in [9.17, 15) is 0 Å². The van der Waals surface area contributed by atoms with Crippen LogP contribution in [0.2, 0.25) is 0 Å². The Balaban J connectivity index is 3.25. The molecule has 0 atom stereocenters.